The van der Waals surface area contributed by atoms with Crippen LogP contribution in [0.3, 0.4) is 0 Å². The molecule has 0 unspecified atom stereocenters. The van der Waals surface area contributed by atoms with Crippen molar-refractivity contribution in [2.24, 2.45) is 0 Å². The number of aryl methyl sites for hydroxylation is 1. The number of ether oxygens (including phenoxy) is 2. The molecule has 0 fully saturated rings. The van der Waals surface area contributed by atoms with E-state index in [1.165, 1.54) is 12.1 Å². The molecule has 0 bridgehead atoms. The number of methoxy groups -OCH3 is 1. The minimum absolute atomic E-state index is 0.167. The molecule has 5 rings (SSSR count). The average molecular weight is 526 g/mol. The molecule has 0 saturated carbocycles. The van der Waals surface area contributed by atoms with Gasteiger partial charge in [-0.05, 0) is 48.4 Å². The number of nitrogens with zero attached hydrogens (tertiary/aromatic N) is 3. The first-order valence-corrected chi connectivity index (χ1v) is 12.6. The molecular weight excluding hydrogens is 497 g/mol. The van der Waals surface area contributed by atoms with Crippen molar-refractivity contribution in [2.75, 3.05) is 13.7 Å². The van der Waals surface area contributed by atoms with Crippen LogP contribution in [-0.4, -0.2) is 39.3 Å². The standard InChI is InChI=1S/C31H28FN3O4/c1-20-5-3-6-21(15-20)19-39-30-8-4-7-26(34-30)23-10-9-22(25(32)16-23)18-29-33-27-12-11-24(31(36)37)17-28(27)35(29)13-14-38-2/h3-12,15-17H,13-14,18-19H2,1-2H3,(H,36,37). The fourth-order valence-corrected chi connectivity index (χ4v) is 4.51. The van der Waals surface area contributed by atoms with Crippen LogP contribution in [0.4, 0.5) is 4.39 Å². The van der Waals surface area contributed by atoms with Crippen LogP contribution < -0.4 is 4.74 Å². The van der Waals surface area contributed by atoms with E-state index in [9.17, 15) is 9.90 Å². The molecule has 0 radical (unpaired) electrons. The minimum atomic E-state index is -1.02. The molecule has 0 amide bonds. The van der Waals surface area contributed by atoms with Gasteiger partial charge in [-0.15, -0.1) is 0 Å². The maximum absolute atomic E-state index is 15.3. The number of aromatic nitrogens is 3. The number of fused-ring (bicyclic) bond motifs is 1. The number of rotatable bonds is 10. The molecule has 2 heterocycles. The summed E-state index contributed by atoms with van der Waals surface area (Å²) in [5, 5.41) is 9.40. The Hall–Kier alpha value is -4.56. The monoisotopic (exact) mass is 525 g/mol. The zero-order chi connectivity index (χ0) is 27.4. The van der Waals surface area contributed by atoms with Gasteiger partial charge in [0.15, 0.2) is 0 Å². The number of benzene rings is 3. The molecule has 39 heavy (non-hydrogen) atoms. The number of halogens is 1. The van der Waals surface area contributed by atoms with E-state index in [4.69, 9.17) is 9.47 Å². The SMILES string of the molecule is COCCn1c(Cc2ccc(-c3cccc(OCc4cccc(C)c4)n3)cc2F)nc2ccc(C(=O)O)cc21. The maximum atomic E-state index is 15.3. The molecular formula is C31H28FN3O4. The van der Waals surface area contributed by atoms with Crippen LogP contribution in [0.25, 0.3) is 22.3 Å². The predicted octanol–water partition coefficient (Wildman–Crippen LogP) is 6.06. The van der Waals surface area contributed by atoms with Gasteiger partial charge in [0, 0.05) is 31.7 Å². The Morgan fingerprint density at radius 2 is 1.85 bits per heavy atom. The third kappa shape index (κ3) is 5.97. The predicted molar refractivity (Wildman–Crippen MR) is 147 cm³/mol. The fraction of sp³-hybridized carbons (Fsp3) is 0.194. The van der Waals surface area contributed by atoms with Gasteiger partial charge >= 0.3 is 5.97 Å². The Morgan fingerprint density at radius 3 is 2.62 bits per heavy atom. The molecule has 0 spiro atoms. The minimum Gasteiger partial charge on any atom is -0.478 e. The normalized spacial score (nSPS) is 11.2. The van der Waals surface area contributed by atoms with E-state index in [-0.39, 0.29) is 17.8 Å². The molecule has 0 atom stereocenters. The van der Waals surface area contributed by atoms with Crippen LogP contribution in [0.2, 0.25) is 0 Å². The molecule has 0 saturated heterocycles. The number of pyridine rings is 1. The smallest absolute Gasteiger partial charge is 0.335 e. The summed E-state index contributed by atoms with van der Waals surface area (Å²) in [7, 11) is 1.59. The van der Waals surface area contributed by atoms with Crippen molar-refractivity contribution in [3.05, 3.63) is 113 Å². The lowest BCUT2D eigenvalue weighted by atomic mass is 10.1. The summed E-state index contributed by atoms with van der Waals surface area (Å²) >= 11 is 0. The van der Waals surface area contributed by atoms with Gasteiger partial charge < -0.3 is 19.1 Å². The first-order chi connectivity index (χ1) is 18.9. The number of carboxylic acids is 1. The zero-order valence-corrected chi connectivity index (χ0v) is 21.7. The first kappa shape index (κ1) is 26.1. The summed E-state index contributed by atoms with van der Waals surface area (Å²) < 4.78 is 28.3. The number of carbonyl (C=O) groups is 1. The van der Waals surface area contributed by atoms with E-state index in [1.807, 2.05) is 47.9 Å². The van der Waals surface area contributed by atoms with E-state index in [2.05, 4.69) is 16.0 Å². The second-order valence-corrected chi connectivity index (χ2v) is 9.30. The van der Waals surface area contributed by atoms with E-state index in [0.29, 0.717) is 59.3 Å². The van der Waals surface area contributed by atoms with E-state index >= 15 is 4.39 Å². The first-order valence-electron chi connectivity index (χ1n) is 12.6. The number of carboxylic acid groups (broad SMARTS) is 1. The second-order valence-electron chi connectivity index (χ2n) is 9.30. The summed E-state index contributed by atoms with van der Waals surface area (Å²) in [4.78, 5) is 20.7. The van der Waals surface area contributed by atoms with Gasteiger partial charge in [-0.3, -0.25) is 0 Å². The van der Waals surface area contributed by atoms with Crippen LogP contribution in [0.5, 0.6) is 5.88 Å². The molecule has 2 aromatic heterocycles. The Kier molecular flexibility index (Phi) is 7.65. The molecule has 8 heteroatoms. The van der Waals surface area contributed by atoms with Gasteiger partial charge in [0.25, 0.3) is 0 Å². The highest BCUT2D eigenvalue weighted by molar-refractivity contribution is 5.92. The van der Waals surface area contributed by atoms with Gasteiger partial charge in [0.2, 0.25) is 5.88 Å². The maximum Gasteiger partial charge on any atom is 0.335 e. The number of hydrogen-bond donors (Lipinski definition) is 1. The Morgan fingerprint density at radius 1 is 1.00 bits per heavy atom. The second kappa shape index (κ2) is 11.4. The molecule has 3 aromatic carbocycles. The zero-order valence-electron chi connectivity index (χ0n) is 21.7. The van der Waals surface area contributed by atoms with Crippen molar-refractivity contribution in [1.29, 1.82) is 0 Å². The van der Waals surface area contributed by atoms with Crippen LogP contribution >= 0.6 is 0 Å². The van der Waals surface area contributed by atoms with Crippen LogP contribution in [0.1, 0.15) is 32.9 Å². The topological polar surface area (TPSA) is 86.5 Å². The van der Waals surface area contributed by atoms with Crippen molar-refractivity contribution in [3.63, 3.8) is 0 Å². The van der Waals surface area contributed by atoms with Gasteiger partial charge in [-0.2, -0.15) is 0 Å². The molecule has 5 aromatic rings. The Labute approximate surface area is 225 Å². The van der Waals surface area contributed by atoms with Crippen molar-refractivity contribution in [3.8, 4) is 17.1 Å². The fourth-order valence-electron chi connectivity index (χ4n) is 4.51. The van der Waals surface area contributed by atoms with Crippen molar-refractivity contribution in [2.45, 2.75) is 26.5 Å². The lowest BCUT2D eigenvalue weighted by Crippen LogP contribution is -2.10. The summed E-state index contributed by atoms with van der Waals surface area (Å²) in [6.45, 7) is 3.30. The lowest BCUT2D eigenvalue weighted by Gasteiger charge is -2.11. The van der Waals surface area contributed by atoms with Gasteiger partial charge in [-0.25, -0.2) is 19.2 Å². The van der Waals surface area contributed by atoms with Crippen LogP contribution in [0, 0.1) is 12.7 Å². The average Bonchev–Trinajstić information content (AvgIpc) is 3.28. The van der Waals surface area contributed by atoms with Gasteiger partial charge in [-0.1, -0.05) is 48.0 Å². The highest BCUT2D eigenvalue weighted by Gasteiger charge is 2.16. The molecule has 198 valence electrons. The summed E-state index contributed by atoms with van der Waals surface area (Å²) in [6.07, 6.45) is 0.236. The largest absolute Gasteiger partial charge is 0.478 e. The van der Waals surface area contributed by atoms with Gasteiger partial charge in [0.1, 0.15) is 18.2 Å². The summed E-state index contributed by atoms with van der Waals surface area (Å²) in [5.74, 6) is -0.304. The van der Waals surface area contributed by atoms with Crippen molar-refractivity contribution < 1.29 is 23.8 Å². The summed E-state index contributed by atoms with van der Waals surface area (Å²) in [5.41, 5.74) is 5.41. The van der Waals surface area contributed by atoms with Crippen molar-refractivity contribution >= 4 is 17.0 Å². The van der Waals surface area contributed by atoms with E-state index in [0.717, 1.165) is 11.1 Å². The highest BCUT2D eigenvalue weighted by atomic mass is 19.1. The molecule has 0 aliphatic carbocycles. The molecule has 0 aliphatic heterocycles. The van der Waals surface area contributed by atoms with Crippen molar-refractivity contribution in [1.82, 2.24) is 14.5 Å². The van der Waals surface area contributed by atoms with Crippen LogP contribution in [0.15, 0.2) is 78.9 Å². The molecule has 7 nitrogen and oxygen atoms in total. The van der Waals surface area contributed by atoms with E-state index < -0.39 is 5.97 Å². The van der Waals surface area contributed by atoms with E-state index in [1.54, 1.807) is 31.4 Å². The third-order valence-corrected chi connectivity index (χ3v) is 6.48. The Bertz CT molecular complexity index is 1650. The molecule has 0 aliphatic rings. The van der Waals surface area contributed by atoms with Crippen LogP contribution in [-0.2, 0) is 24.3 Å². The lowest BCUT2D eigenvalue weighted by molar-refractivity contribution is 0.0697. The Balaban J connectivity index is 1.38. The van der Waals surface area contributed by atoms with Gasteiger partial charge in [0.05, 0.1) is 28.9 Å². The quantitative estimate of drug-likeness (QED) is 0.239. The number of hydrogen-bond acceptors (Lipinski definition) is 5. The summed E-state index contributed by atoms with van der Waals surface area (Å²) in [6, 6.07) is 23.3. The highest BCUT2D eigenvalue weighted by Crippen LogP contribution is 2.26. The number of aromatic carboxylic acids is 1. The third-order valence-electron chi connectivity index (χ3n) is 6.48. The number of imidazole rings is 1. The molecule has 1 N–H and O–H groups in total.